The lowest BCUT2D eigenvalue weighted by atomic mass is 9.73. The molecule has 0 atom stereocenters. The second kappa shape index (κ2) is 4.61. The van der Waals surface area contributed by atoms with Crippen molar-refractivity contribution in [2.24, 2.45) is 0 Å². The summed E-state index contributed by atoms with van der Waals surface area (Å²) in [4.78, 5) is 0. The van der Waals surface area contributed by atoms with Crippen LogP contribution in [0.1, 0.15) is 65.7 Å². The largest absolute Gasteiger partial charge is 0.0776 e. The van der Waals surface area contributed by atoms with Gasteiger partial charge in [-0.05, 0) is 34.4 Å². The second-order valence-electron chi connectivity index (χ2n) is 6.50. The molecular formula is C16H28. The van der Waals surface area contributed by atoms with E-state index in [1.165, 1.54) is 16.7 Å². The van der Waals surface area contributed by atoms with Crippen LogP contribution in [-0.2, 0) is 10.8 Å². The van der Waals surface area contributed by atoms with Gasteiger partial charge >= 0.3 is 0 Å². The first-order valence-electron chi connectivity index (χ1n) is 5.74. The lowest BCUT2D eigenvalue weighted by Crippen LogP contribution is -2.23. The summed E-state index contributed by atoms with van der Waals surface area (Å²) in [7, 11) is 0. The lowest BCUT2D eigenvalue weighted by molar-refractivity contribution is 0.527. The molecule has 1 rings (SSSR count). The van der Waals surface area contributed by atoms with Crippen LogP contribution in [0.3, 0.4) is 0 Å². The SMILES string of the molecule is C.Cc1cccc(C(C)(C)C)c1C(C)(C)C. The quantitative estimate of drug-likeness (QED) is 0.562. The molecule has 1 aromatic carbocycles. The molecule has 0 aromatic heterocycles. The molecule has 0 nitrogen and oxygen atoms in total. The fourth-order valence-electron chi connectivity index (χ4n) is 2.29. The topological polar surface area (TPSA) is 0 Å². The molecule has 0 saturated heterocycles. The highest BCUT2D eigenvalue weighted by Gasteiger charge is 2.25. The van der Waals surface area contributed by atoms with Gasteiger partial charge in [0.15, 0.2) is 0 Å². The standard InChI is InChI=1S/C15H24.CH4/c1-11-9-8-10-12(14(2,3)4)13(11)15(5,6)7;/h8-10H,1-7H3;1H4. The number of hydrogen-bond donors (Lipinski definition) is 0. The van der Waals surface area contributed by atoms with Crippen molar-refractivity contribution in [3.05, 3.63) is 34.9 Å². The first-order valence-corrected chi connectivity index (χ1v) is 5.74. The van der Waals surface area contributed by atoms with Crippen LogP contribution in [-0.4, -0.2) is 0 Å². The summed E-state index contributed by atoms with van der Waals surface area (Å²) in [5.41, 5.74) is 4.87. The van der Waals surface area contributed by atoms with Gasteiger partial charge in [-0.15, -0.1) is 0 Å². The average molecular weight is 220 g/mol. The van der Waals surface area contributed by atoms with Gasteiger partial charge in [-0.3, -0.25) is 0 Å². The third kappa shape index (κ3) is 3.10. The van der Waals surface area contributed by atoms with Gasteiger partial charge in [0.05, 0.1) is 0 Å². The van der Waals surface area contributed by atoms with E-state index in [2.05, 4.69) is 66.7 Å². The van der Waals surface area contributed by atoms with Gasteiger partial charge in [-0.25, -0.2) is 0 Å². The van der Waals surface area contributed by atoms with Crippen LogP contribution in [0.25, 0.3) is 0 Å². The van der Waals surface area contributed by atoms with E-state index in [0.717, 1.165) is 0 Å². The van der Waals surface area contributed by atoms with E-state index in [1.54, 1.807) is 0 Å². The minimum absolute atomic E-state index is 0. The van der Waals surface area contributed by atoms with Gasteiger partial charge in [-0.2, -0.15) is 0 Å². The Hall–Kier alpha value is -0.780. The van der Waals surface area contributed by atoms with Crippen LogP contribution in [0.15, 0.2) is 18.2 Å². The normalized spacial score (nSPS) is 12.2. The van der Waals surface area contributed by atoms with Crippen molar-refractivity contribution in [3.8, 4) is 0 Å². The molecule has 16 heavy (non-hydrogen) atoms. The molecule has 0 bridgehead atoms. The Kier molecular flexibility index (Phi) is 4.38. The first kappa shape index (κ1) is 15.2. The van der Waals surface area contributed by atoms with Gasteiger partial charge in [0.1, 0.15) is 0 Å². The fraction of sp³-hybridized carbons (Fsp3) is 0.625. The summed E-state index contributed by atoms with van der Waals surface area (Å²) < 4.78 is 0. The number of hydrogen-bond acceptors (Lipinski definition) is 0. The number of benzene rings is 1. The van der Waals surface area contributed by atoms with Crippen LogP contribution in [0.5, 0.6) is 0 Å². The molecule has 0 heterocycles. The smallest absolute Gasteiger partial charge is 0.0126 e. The second-order valence-corrected chi connectivity index (χ2v) is 6.50. The van der Waals surface area contributed by atoms with Gasteiger partial charge < -0.3 is 0 Å². The number of rotatable bonds is 0. The maximum absolute atomic E-state index is 2.30. The molecule has 0 saturated carbocycles. The molecule has 0 aliphatic rings. The van der Waals surface area contributed by atoms with Gasteiger partial charge in [0.2, 0.25) is 0 Å². The van der Waals surface area contributed by atoms with Crippen LogP contribution < -0.4 is 0 Å². The summed E-state index contributed by atoms with van der Waals surface area (Å²) in [6.45, 7) is 16.0. The molecule has 0 N–H and O–H groups in total. The highest BCUT2D eigenvalue weighted by atomic mass is 14.3. The van der Waals surface area contributed by atoms with Crippen LogP contribution in [0.2, 0.25) is 0 Å². The van der Waals surface area contributed by atoms with Gasteiger partial charge in [0, 0.05) is 0 Å². The van der Waals surface area contributed by atoms with Crippen molar-refractivity contribution in [2.45, 2.75) is 66.7 Å². The van der Waals surface area contributed by atoms with Crippen molar-refractivity contribution >= 4 is 0 Å². The molecule has 0 aliphatic carbocycles. The molecule has 0 aliphatic heterocycles. The molecule has 1 aromatic rings. The Labute approximate surface area is 102 Å². The number of aryl methyl sites for hydroxylation is 1. The molecule has 92 valence electrons. The predicted molar refractivity (Wildman–Crippen MR) is 75.3 cm³/mol. The Morgan fingerprint density at radius 2 is 1.31 bits per heavy atom. The van der Waals surface area contributed by atoms with Gasteiger partial charge in [0.25, 0.3) is 0 Å². The van der Waals surface area contributed by atoms with E-state index in [1.807, 2.05) is 0 Å². The monoisotopic (exact) mass is 220 g/mol. The summed E-state index contributed by atoms with van der Waals surface area (Å²) >= 11 is 0. The average Bonchev–Trinajstić information content (AvgIpc) is 1.99. The van der Waals surface area contributed by atoms with E-state index in [-0.39, 0.29) is 18.3 Å². The molecule has 0 unspecified atom stereocenters. The van der Waals surface area contributed by atoms with E-state index < -0.39 is 0 Å². The highest BCUT2D eigenvalue weighted by Crippen LogP contribution is 2.35. The fourth-order valence-corrected chi connectivity index (χ4v) is 2.29. The first-order chi connectivity index (χ1) is 6.64. The van der Waals surface area contributed by atoms with Crippen LogP contribution >= 0.6 is 0 Å². The third-order valence-electron chi connectivity index (χ3n) is 2.83. The van der Waals surface area contributed by atoms with Crippen LogP contribution in [0, 0.1) is 6.92 Å². The summed E-state index contributed by atoms with van der Waals surface area (Å²) in [5.74, 6) is 0. The van der Waals surface area contributed by atoms with Crippen molar-refractivity contribution in [2.75, 3.05) is 0 Å². The summed E-state index contributed by atoms with van der Waals surface area (Å²) in [6.07, 6.45) is 0. The maximum Gasteiger partial charge on any atom is -0.0126 e. The third-order valence-corrected chi connectivity index (χ3v) is 2.83. The Bertz CT molecular complexity index is 345. The summed E-state index contributed by atoms with van der Waals surface area (Å²) in [5, 5.41) is 0. The van der Waals surface area contributed by atoms with E-state index >= 15 is 0 Å². The predicted octanol–water partition coefficient (Wildman–Crippen LogP) is 5.23. The molecule has 0 amide bonds. The molecule has 0 fully saturated rings. The van der Waals surface area contributed by atoms with Crippen molar-refractivity contribution in [1.82, 2.24) is 0 Å². The van der Waals surface area contributed by atoms with Crippen LogP contribution in [0.4, 0.5) is 0 Å². The van der Waals surface area contributed by atoms with E-state index in [0.29, 0.717) is 0 Å². The molecule has 0 spiro atoms. The Balaban J connectivity index is 0.00000225. The van der Waals surface area contributed by atoms with Crippen molar-refractivity contribution in [3.63, 3.8) is 0 Å². The van der Waals surface area contributed by atoms with Crippen molar-refractivity contribution in [1.29, 1.82) is 0 Å². The van der Waals surface area contributed by atoms with E-state index in [4.69, 9.17) is 0 Å². The highest BCUT2D eigenvalue weighted by molar-refractivity contribution is 5.42. The Morgan fingerprint density at radius 3 is 1.62 bits per heavy atom. The maximum atomic E-state index is 2.30. The molecular weight excluding hydrogens is 192 g/mol. The zero-order chi connectivity index (χ0) is 11.9. The van der Waals surface area contributed by atoms with E-state index in [9.17, 15) is 0 Å². The molecule has 0 radical (unpaired) electrons. The molecule has 0 heteroatoms. The minimum atomic E-state index is 0. The zero-order valence-corrected chi connectivity index (χ0v) is 11.2. The van der Waals surface area contributed by atoms with Crippen molar-refractivity contribution < 1.29 is 0 Å². The summed E-state index contributed by atoms with van der Waals surface area (Å²) in [6, 6.07) is 6.66. The minimum Gasteiger partial charge on any atom is -0.0776 e. The lowest BCUT2D eigenvalue weighted by Gasteiger charge is -2.31. The van der Waals surface area contributed by atoms with Gasteiger partial charge in [-0.1, -0.05) is 67.2 Å². The Morgan fingerprint density at radius 1 is 0.812 bits per heavy atom. The zero-order valence-electron chi connectivity index (χ0n) is 11.2.